The number of carbonyl (C=O) groups is 2. The number of hydrogen-bond acceptors (Lipinski definition) is 3. The molecule has 0 radical (unpaired) electrons. The second kappa shape index (κ2) is 3.78. The first-order chi connectivity index (χ1) is 8.65. The fraction of sp³-hybridized carbons (Fsp3) is 0.154. The van der Waals surface area contributed by atoms with Crippen molar-refractivity contribution in [2.75, 3.05) is 0 Å². The summed E-state index contributed by atoms with van der Waals surface area (Å²) in [6.07, 6.45) is 0. The van der Waals surface area contributed by atoms with Crippen LogP contribution in [0, 0.1) is 0 Å². The highest BCUT2D eigenvalue weighted by Crippen LogP contribution is 2.27. The van der Waals surface area contributed by atoms with Crippen LogP contribution in [0.25, 0.3) is 0 Å². The molecule has 1 aliphatic rings. The monoisotopic (exact) mass is 260 g/mol. The maximum absolute atomic E-state index is 12.3. The van der Waals surface area contributed by atoms with Crippen molar-refractivity contribution in [3.8, 4) is 0 Å². The highest BCUT2D eigenvalue weighted by Gasteiger charge is 2.34. The molecule has 0 bridgehead atoms. The van der Waals surface area contributed by atoms with E-state index >= 15 is 0 Å². The molecule has 4 nitrogen and oxygen atoms in total. The quantitative estimate of drug-likeness (QED) is 0.628. The van der Waals surface area contributed by atoms with Crippen LogP contribution in [0.15, 0.2) is 24.3 Å². The third-order valence-corrected chi connectivity index (χ3v) is 3.39. The first kappa shape index (κ1) is 11.2. The van der Waals surface area contributed by atoms with Crippen molar-refractivity contribution in [3.05, 3.63) is 52.6 Å². The van der Waals surface area contributed by atoms with E-state index in [1.54, 1.807) is 35.9 Å². The molecule has 5 heteroatoms. The number of rotatable bonds is 1. The maximum Gasteiger partial charge on any atom is 0.214 e. The van der Waals surface area contributed by atoms with Gasteiger partial charge in [0.05, 0.1) is 5.88 Å². The molecule has 1 heterocycles. The smallest absolute Gasteiger partial charge is 0.214 e. The number of imidazole rings is 1. The summed E-state index contributed by atoms with van der Waals surface area (Å²) in [5, 5.41) is 0. The summed E-state index contributed by atoms with van der Waals surface area (Å²) in [6, 6.07) is 6.79. The van der Waals surface area contributed by atoms with E-state index in [1.165, 1.54) is 0 Å². The minimum absolute atomic E-state index is 0.167. The van der Waals surface area contributed by atoms with Gasteiger partial charge in [-0.25, -0.2) is 4.98 Å². The van der Waals surface area contributed by atoms with E-state index in [0.717, 1.165) is 0 Å². The van der Waals surface area contributed by atoms with Gasteiger partial charge in [-0.2, -0.15) is 0 Å². The first-order valence-electron chi connectivity index (χ1n) is 5.45. The number of halogens is 1. The van der Waals surface area contributed by atoms with Gasteiger partial charge in [-0.15, -0.1) is 11.6 Å². The zero-order chi connectivity index (χ0) is 12.9. The Balaban J connectivity index is 2.32. The predicted molar refractivity (Wildman–Crippen MR) is 66.1 cm³/mol. The molecule has 0 atom stereocenters. The van der Waals surface area contributed by atoms with E-state index in [4.69, 9.17) is 11.6 Å². The summed E-state index contributed by atoms with van der Waals surface area (Å²) in [5.41, 5.74) is 1.37. The first-order valence-corrected chi connectivity index (χ1v) is 5.98. The molecule has 1 aromatic heterocycles. The molecular weight excluding hydrogens is 252 g/mol. The standard InChI is InChI=1S/C13H9ClN2O2/c1-16-9(6-14)15-10-11(16)13(18)8-5-3-2-4-7(8)12(10)17/h2-5H,6H2,1H3. The number of alkyl halides is 1. The Labute approximate surface area is 108 Å². The molecule has 0 N–H and O–H groups in total. The normalized spacial score (nSPS) is 13.4. The number of carbonyl (C=O) groups excluding carboxylic acids is 2. The Hall–Kier alpha value is -1.94. The van der Waals surface area contributed by atoms with Crippen LogP contribution >= 0.6 is 11.6 Å². The highest BCUT2D eigenvalue weighted by atomic mass is 35.5. The molecule has 18 heavy (non-hydrogen) atoms. The lowest BCUT2D eigenvalue weighted by molar-refractivity contribution is 0.0971. The maximum atomic E-state index is 12.3. The summed E-state index contributed by atoms with van der Waals surface area (Å²) >= 11 is 5.75. The zero-order valence-electron chi connectivity index (χ0n) is 9.61. The van der Waals surface area contributed by atoms with Gasteiger partial charge < -0.3 is 4.57 Å². The topological polar surface area (TPSA) is 52.0 Å². The van der Waals surface area contributed by atoms with Crippen molar-refractivity contribution in [1.82, 2.24) is 9.55 Å². The van der Waals surface area contributed by atoms with Crippen LogP contribution in [0.4, 0.5) is 0 Å². The van der Waals surface area contributed by atoms with Crippen LogP contribution < -0.4 is 0 Å². The summed E-state index contributed by atoms with van der Waals surface area (Å²) in [5.74, 6) is 0.301. The molecule has 1 aliphatic carbocycles. The van der Waals surface area contributed by atoms with E-state index < -0.39 is 0 Å². The lowest BCUT2D eigenvalue weighted by atomic mass is 9.90. The molecule has 2 aromatic rings. The molecule has 90 valence electrons. The Kier molecular flexibility index (Phi) is 2.35. The van der Waals surface area contributed by atoms with Crippen LogP contribution in [0.3, 0.4) is 0 Å². The molecule has 0 unspecified atom stereocenters. The van der Waals surface area contributed by atoms with Crippen molar-refractivity contribution < 1.29 is 9.59 Å². The Bertz CT molecular complexity index is 688. The average molecular weight is 261 g/mol. The molecule has 3 rings (SSSR count). The minimum atomic E-state index is -0.216. The summed E-state index contributed by atoms with van der Waals surface area (Å²) in [6.45, 7) is 0. The van der Waals surface area contributed by atoms with Crippen molar-refractivity contribution in [3.63, 3.8) is 0 Å². The van der Waals surface area contributed by atoms with Crippen molar-refractivity contribution in [2.45, 2.75) is 5.88 Å². The third kappa shape index (κ3) is 1.29. The van der Waals surface area contributed by atoms with Crippen LogP contribution in [-0.2, 0) is 12.9 Å². The van der Waals surface area contributed by atoms with Gasteiger partial charge in [-0.1, -0.05) is 24.3 Å². The summed E-state index contributed by atoms with van der Waals surface area (Å²) in [7, 11) is 1.70. The number of fused-ring (bicyclic) bond motifs is 2. The number of benzene rings is 1. The van der Waals surface area contributed by atoms with Gasteiger partial charge in [-0.3, -0.25) is 9.59 Å². The highest BCUT2D eigenvalue weighted by molar-refractivity contribution is 6.27. The second-order valence-electron chi connectivity index (χ2n) is 4.12. The van der Waals surface area contributed by atoms with Gasteiger partial charge in [0.1, 0.15) is 17.2 Å². The van der Waals surface area contributed by atoms with Gasteiger partial charge in [0.25, 0.3) is 0 Å². The third-order valence-electron chi connectivity index (χ3n) is 3.15. The lowest BCUT2D eigenvalue weighted by Gasteiger charge is -2.13. The van der Waals surface area contributed by atoms with Crippen molar-refractivity contribution in [1.29, 1.82) is 0 Å². The fourth-order valence-corrected chi connectivity index (χ4v) is 2.46. The van der Waals surface area contributed by atoms with Crippen LogP contribution in [-0.4, -0.2) is 21.1 Å². The molecule has 0 saturated carbocycles. The average Bonchev–Trinajstić information content (AvgIpc) is 2.73. The minimum Gasteiger partial charge on any atom is -0.327 e. The lowest BCUT2D eigenvalue weighted by Crippen LogP contribution is -2.22. The van der Waals surface area contributed by atoms with Crippen LogP contribution in [0.1, 0.15) is 37.9 Å². The molecular formula is C13H9ClN2O2. The van der Waals surface area contributed by atoms with E-state index in [9.17, 15) is 9.59 Å². The molecule has 0 aliphatic heterocycles. The Morgan fingerprint density at radius 3 is 2.39 bits per heavy atom. The number of aromatic nitrogens is 2. The van der Waals surface area contributed by atoms with Gasteiger partial charge in [0.15, 0.2) is 0 Å². The van der Waals surface area contributed by atoms with Crippen molar-refractivity contribution >= 4 is 23.2 Å². The van der Waals surface area contributed by atoms with Gasteiger partial charge >= 0.3 is 0 Å². The molecule has 0 saturated heterocycles. The number of nitrogens with zero attached hydrogens (tertiary/aromatic N) is 2. The van der Waals surface area contributed by atoms with Gasteiger partial charge in [-0.05, 0) is 0 Å². The summed E-state index contributed by atoms with van der Waals surface area (Å²) < 4.78 is 1.60. The number of ketones is 2. The van der Waals surface area contributed by atoms with E-state index in [0.29, 0.717) is 22.6 Å². The zero-order valence-corrected chi connectivity index (χ0v) is 10.4. The Morgan fingerprint density at radius 2 is 1.78 bits per heavy atom. The molecule has 0 spiro atoms. The van der Waals surface area contributed by atoms with Crippen LogP contribution in [0.2, 0.25) is 0 Å². The number of hydrogen-bond donors (Lipinski definition) is 0. The SMILES string of the molecule is Cn1c(CCl)nc2c1C(=O)c1ccccc1C2=O. The van der Waals surface area contributed by atoms with Gasteiger partial charge in [0.2, 0.25) is 11.6 Å². The van der Waals surface area contributed by atoms with Gasteiger partial charge in [0, 0.05) is 18.2 Å². The second-order valence-corrected chi connectivity index (χ2v) is 4.39. The largest absolute Gasteiger partial charge is 0.327 e. The van der Waals surface area contributed by atoms with E-state index in [2.05, 4.69) is 4.98 Å². The summed E-state index contributed by atoms with van der Waals surface area (Å²) in [4.78, 5) is 28.8. The van der Waals surface area contributed by atoms with E-state index in [1.807, 2.05) is 0 Å². The molecule has 0 fully saturated rings. The van der Waals surface area contributed by atoms with Crippen molar-refractivity contribution in [2.24, 2.45) is 7.05 Å². The Morgan fingerprint density at radius 1 is 1.17 bits per heavy atom. The van der Waals surface area contributed by atoms with E-state index in [-0.39, 0.29) is 23.1 Å². The fourth-order valence-electron chi connectivity index (χ4n) is 2.22. The molecule has 0 amide bonds. The van der Waals surface area contributed by atoms with Crippen LogP contribution in [0.5, 0.6) is 0 Å². The molecule has 1 aromatic carbocycles. The predicted octanol–water partition coefficient (Wildman–Crippen LogP) is 1.93.